The zero-order chi connectivity index (χ0) is 20.4. The van der Waals surface area contributed by atoms with Crippen molar-refractivity contribution in [2.75, 3.05) is 18.4 Å². The highest BCUT2D eigenvalue weighted by molar-refractivity contribution is 7.92. The molecule has 10 heteroatoms. The summed E-state index contributed by atoms with van der Waals surface area (Å²) in [5.41, 5.74) is 0.149. The molecule has 148 valence electrons. The van der Waals surface area contributed by atoms with Crippen LogP contribution in [-0.2, 0) is 9.84 Å². The van der Waals surface area contributed by atoms with Crippen molar-refractivity contribution in [3.8, 4) is 6.07 Å². The van der Waals surface area contributed by atoms with Gasteiger partial charge in [0.2, 0.25) is 14.8 Å². The molecule has 1 aromatic carbocycles. The minimum absolute atomic E-state index is 0.149. The van der Waals surface area contributed by atoms with Gasteiger partial charge in [-0.3, -0.25) is 5.32 Å². The number of piperidine rings is 1. The average Bonchev–Trinajstić information content (AvgIpc) is 3.21. The van der Waals surface area contributed by atoms with E-state index in [0.29, 0.717) is 0 Å². The minimum atomic E-state index is -4.31. The van der Waals surface area contributed by atoms with Crippen molar-refractivity contribution in [2.45, 2.75) is 29.7 Å². The summed E-state index contributed by atoms with van der Waals surface area (Å²) in [7, 11) is -4.31. The number of likely N-dealkylation sites (tertiary alicyclic amines) is 1. The molecule has 28 heavy (non-hydrogen) atoms. The first-order valence-corrected chi connectivity index (χ1v) is 10.1. The first kappa shape index (κ1) is 19.8. The summed E-state index contributed by atoms with van der Waals surface area (Å²) in [5, 5.41) is 12.6. The van der Waals surface area contributed by atoms with E-state index in [1.54, 1.807) is 0 Å². The Kier molecular flexibility index (Phi) is 5.38. The van der Waals surface area contributed by atoms with Gasteiger partial charge in [0.1, 0.15) is 6.26 Å². The largest absolute Gasteiger partial charge is 0.363 e. The molecule has 1 N–H and O–H groups in total. The number of hydrogen-bond donors (Lipinski definition) is 1. The van der Waals surface area contributed by atoms with Gasteiger partial charge in [-0.25, -0.2) is 17.6 Å². The van der Waals surface area contributed by atoms with Crippen molar-refractivity contribution in [3.63, 3.8) is 0 Å². The third-order valence-electron chi connectivity index (χ3n) is 4.98. The smallest absolute Gasteiger partial charge is 0.323 e. The van der Waals surface area contributed by atoms with Crippen molar-refractivity contribution in [1.29, 1.82) is 5.26 Å². The van der Waals surface area contributed by atoms with Crippen molar-refractivity contribution < 1.29 is 22.1 Å². The number of benzene rings is 1. The molecule has 1 unspecified atom stereocenters. The third-order valence-corrected chi connectivity index (χ3v) is 7.24. The first-order valence-electron chi connectivity index (χ1n) is 8.65. The van der Waals surface area contributed by atoms with Crippen LogP contribution in [0.5, 0.6) is 0 Å². The van der Waals surface area contributed by atoms with Crippen molar-refractivity contribution in [1.82, 2.24) is 10.1 Å². The summed E-state index contributed by atoms with van der Waals surface area (Å²) < 4.78 is 45.8. The predicted octanol–water partition coefficient (Wildman–Crippen LogP) is 2.95. The zero-order valence-corrected chi connectivity index (χ0v) is 15.9. The molecule has 0 saturated carbocycles. The van der Waals surface area contributed by atoms with Crippen molar-refractivity contribution in [3.05, 3.63) is 42.2 Å². The summed E-state index contributed by atoms with van der Waals surface area (Å²) in [6, 6.07) is 8.28. The van der Waals surface area contributed by atoms with Crippen LogP contribution < -0.4 is 5.32 Å². The topological polar surface area (TPSA) is 116 Å². The van der Waals surface area contributed by atoms with Gasteiger partial charge >= 0.3 is 6.03 Å². The minimum Gasteiger partial charge on any atom is -0.363 e. The van der Waals surface area contributed by atoms with E-state index in [0.717, 1.165) is 6.92 Å². The number of carbonyl (C=O) groups is 1. The maximum Gasteiger partial charge on any atom is 0.323 e. The Bertz CT molecular complexity index is 991. The molecule has 2 amide bonds. The lowest BCUT2D eigenvalue weighted by Crippen LogP contribution is -2.48. The van der Waals surface area contributed by atoms with E-state index in [4.69, 9.17) is 5.26 Å². The number of alkyl halides is 1. The number of nitriles is 1. The molecule has 0 aliphatic carbocycles. The highest BCUT2D eigenvalue weighted by atomic mass is 32.2. The second-order valence-corrected chi connectivity index (χ2v) is 8.98. The van der Waals surface area contributed by atoms with Gasteiger partial charge in [-0.2, -0.15) is 5.26 Å². The molecule has 1 fully saturated rings. The van der Waals surface area contributed by atoms with E-state index < -0.39 is 26.8 Å². The summed E-state index contributed by atoms with van der Waals surface area (Å²) in [4.78, 5) is 13.5. The standard InChI is InChI=1S/C18H19FN4O4S/c1-18(19,28(25,26)15-4-2-3-13(11-15)12-20)14-5-8-23(9-6-14)17(24)21-16-7-10-27-22-16/h2-4,7,10-11,14H,5-6,8-9H2,1H3,(H,21,22,24). The highest BCUT2D eigenvalue weighted by Gasteiger charge is 2.48. The summed E-state index contributed by atoms with van der Waals surface area (Å²) in [6.07, 6.45) is 1.70. The van der Waals surface area contributed by atoms with Gasteiger partial charge < -0.3 is 9.42 Å². The van der Waals surface area contributed by atoms with Crippen LogP contribution in [0.2, 0.25) is 0 Å². The molecule has 0 bridgehead atoms. The maximum atomic E-state index is 15.5. The lowest BCUT2D eigenvalue weighted by Gasteiger charge is -2.37. The van der Waals surface area contributed by atoms with Crippen LogP contribution in [0.3, 0.4) is 0 Å². The summed E-state index contributed by atoms with van der Waals surface area (Å²) in [6.45, 7) is 1.47. The number of nitrogens with one attached hydrogen (secondary N) is 1. The molecule has 1 aliphatic rings. The predicted molar refractivity (Wildman–Crippen MR) is 97.7 cm³/mol. The van der Waals surface area contributed by atoms with E-state index >= 15 is 4.39 Å². The SMILES string of the molecule is CC(F)(C1CCN(C(=O)Nc2ccon2)CC1)S(=O)(=O)c1cccc(C#N)c1. The van der Waals surface area contributed by atoms with E-state index in [2.05, 4.69) is 15.0 Å². The molecule has 0 spiro atoms. The van der Waals surface area contributed by atoms with Gasteiger partial charge in [0.25, 0.3) is 0 Å². The normalized spacial score (nSPS) is 17.5. The summed E-state index contributed by atoms with van der Waals surface area (Å²) >= 11 is 0. The maximum absolute atomic E-state index is 15.5. The number of aromatic nitrogens is 1. The van der Waals surface area contributed by atoms with Crippen LogP contribution in [0, 0.1) is 17.2 Å². The van der Waals surface area contributed by atoms with Crippen LogP contribution in [-0.4, -0.2) is 42.6 Å². The molecule has 0 radical (unpaired) electrons. The Morgan fingerprint density at radius 1 is 1.39 bits per heavy atom. The van der Waals surface area contributed by atoms with Crippen LogP contribution in [0.4, 0.5) is 15.0 Å². The Morgan fingerprint density at radius 2 is 2.11 bits per heavy atom. The Hall–Kier alpha value is -2.93. The molecule has 8 nitrogen and oxygen atoms in total. The summed E-state index contributed by atoms with van der Waals surface area (Å²) in [5.74, 6) is -0.512. The fourth-order valence-corrected chi connectivity index (χ4v) is 4.92. The van der Waals surface area contributed by atoms with Gasteiger partial charge in [0.15, 0.2) is 5.82 Å². The average molecular weight is 406 g/mol. The van der Waals surface area contributed by atoms with E-state index in [1.807, 2.05) is 6.07 Å². The second kappa shape index (κ2) is 7.59. The quantitative estimate of drug-likeness (QED) is 0.834. The van der Waals surface area contributed by atoms with Crippen LogP contribution in [0.1, 0.15) is 25.3 Å². The molecular weight excluding hydrogens is 387 g/mol. The molecule has 1 atom stereocenters. The first-order chi connectivity index (χ1) is 13.3. The number of carbonyl (C=O) groups excluding carboxylic acids is 1. The second-order valence-electron chi connectivity index (χ2n) is 6.71. The van der Waals surface area contributed by atoms with Crippen LogP contribution >= 0.6 is 0 Å². The highest BCUT2D eigenvalue weighted by Crippen LogP contribution is 2.39. The van der Waals surface area contributed by atoms with E-state index in [1.165, 1.54) is 41.5 Å². The van der Waals surface area contributed by atoms with Gasteiger partial charge in [0.05, 0.1) is 16.5 Å². The Morgan fingerprint density at radius 3 is 2.71 bits per heavy atom. The number of halogens is 1. The molecule has 3 rings (SSSR count). The Labute approximate surface area is 161 Å². The van der Waals surface area contributed by atoms with Gasteiger partial charge in [-0.1, -0.05) is 11.2 Å². The molecule has 1 saturated heterocycles. The van der Waals surface area contributed by atoms with Gasteiger partial charge in [0, 0.05) is 25.1 Å². The monoisotopic (exact) mass is 406 g/mol. The number of nitrogens with zero attached hydrogens (tertiary/aromatic N) is 3. The fraction of sp³-hybridized carbons (Fsp3) is 0.389. The number of urea groups is 1. The number of sulfone groups is 1. The van der Waals surface area contributed by atoms with Crippen molar-refractivity contribution >= 4 is 21.7 Å². The lowest BCUT2D eigenvalue weighted by molar-refractivity contribution is 0.117. The van der Waals surface area contributed by atoms with E-state index in [9.17, 15) is 13.2 Å². The molecule has 2 aromatic rings. The Balaban J connectivity index is 1.70. The van der Waals surface area contributed by atoms with Crippen molar-refractivity contribution in [2.24, 2.45) is 5.92 Å². The van der Waals surface area contributed by atoms with Gasteiger partial charge in [-0.15, -0.1) is 0 Å². The van der Waals surface area contributed by atoms with E-state index in [-0.39, 0.29) is 42.2 Å². The molecule has 1 aliphatic heterocycles. The zero-order valence-electron chi connectivity index (χ0n) is 15.1. The lowest BCUT2D eigenvalue weighted by atomic mass is 9.92. The number of amides is 2. The van der Waals surface area contributed by atoms with Crippen LogP contribution in [0.15, 0.2) is 46.0 Å². The number of rotatable bonds is 4. The number of hydrogen-bond acceptors (Lipinski definition) is 6. The van der Waals surface area contributed by atoms with Gasteiger partial charge in [-0.05, 0) is 38.0 Å². The van der Waals surface area contributed by atoms with Crippen LogP contribution in [0.25, 0.3) is 0 Å². The molecule has 1 aromatic heterocycles. The fourth-order valence-electron chi connectivity index (χ4n) is 3.25. The molecule has 2 heterocycles. The third kappa shape index (κ3) is 3.71. The number of anilines is 1. The molecular formula is C18H19FN4O4S.